The van der Waals surface area contributed by atoms with Gasteiger partial charge in [-0.15, -0.1) is 0 Å². The monoisotopic (exact) mass is 448 g/mol. The van der Waals surface area contributed by atoms with E-state index in [9.17, 15) is 18.0 Å². The van der Waals surface area contributed by atoms with E-state index in [2.05, 4.69) is 10.2 Å². The van der Waals surface area contributed by atoms with Crippen molar-refractivity contribution >= 4 is 21.9 Å². The van der Waals surface area contributed by atoms with Crippen molar-refractivity contribution in [3.63, 3.8) is 0 Å². The molecule has 3 rings (SSSR count). The molecule has 1 aromatic heterocycles. The highest BCUT2D eigenvalue weighted by atomic mass is 32.2. The lowest BCUT2D eigenvalue weighted by Crippen LogP contribution is -2.42. The second kappa shape index (κ2) is 10.1. The van der Waals surface area contributed by atoms with Gasteiger partial charge in [0.15, 0.2) is 0 Å². The molecule has 1 amide bonds. The standard InChI is InChI=1S/C21H28N4O5S/c1-30-21(27)19-3-2-12-25(19)17-9-13-24(14-10-17)15-20(26)23-11-8-16-4-6-18(7-5-16)31(22,28)29/h2-7,12,17H,8-11,13-15H2,1H3,(H,23,26)(H2,22,28,29). The number of nitrogens with zero attached hydrogens (tertiary/aromatic N) is 2. The number of carbonyl (C=O) groups excluding carboxylic acids is 2. The number of sulfonamides is 1. The summed E-state index contributed by atoms with van der Waals surface area (Å²) in [5.41, 5.74) is 1.47. The molecule has 3 N–H and O–H groups in total. The highest BCUT2D eigenvalue weighted by molar-refractivity contribution is 7.89. The van der Waals surface area contributed by atoms with Gasteiger partial charge in [0.2, 0.25) is 15.9 Å². The molecule has 0 bridgehead atoms. The van der Waals surface area contributed by atoms with Crippen molar-refractivity contribution in [3.8, 4) is 0 Å². The van der Waals surface area contributed by atoms with Crippen LogP contribution >= 0.6 is 0 Å². The number of hydrogen-bond acceptors (Lipinski definition) is 6. The van der Waals surface area contributed by atoms with Crippen molar-refractivity contribution in [2.75, 3.05) is 33.3 Å². The van der Waals surface area contributed by atoms with Gasteiger partial charge in [0, 0.05) is 31.9 Å². The fourth-order valence-corrected chi connectivity index (χ4v) is 4.31. The van der Waals surface area contributed by atoms with Crippen LogP contribution in [0.25, 0.3) is 0 Å². The molecule has 0 spiro atoms. The van der Waals surface area contributed by atoms with E-state index in [1.54, 1.807) is 18.2 Å². The number of rotatable bonds is 8. The van der Waals surface area contributed by atoms with E-state index in [1.807, 2.05) is 16.8 Å². The predicted octanol–water partition coefficient (Wildman–Crippen LogP) is 0.918. The lowest BCUT2D eigenvalue weighted by Gasteiger charge is -2.32. The Bertz CT molecular complexity index is 1010. The molecule has 31 heavy (non-hydrogen) atoms. The van der Waals surface area contributed by atoms with Crippen LogP contribution in [-0.4, -0.2) is 63.1 Å². The average molecular weight is 449 g/mol. The number of likely N-dealkylation sites (tertiary alicyclic amines) is 1. The summed E-state index contributed by atoms with van der Waals surface area (Å²) in [6.07, 6.45) is 4.20. The van der Waals surface area contributed by atoms with E-state index in [4.69, 9.17) is 9.88 Å². The number of esters is 1. The fourth-order valence-electron chi connectivity index (χ4n) is 3.80. The number of nitrogens with one attached hydrogen (secondary N) is 1. The van der Waals surface area contributed by atoms with Crippen LogP contribution < -0.4 is 10.5 Å². The zero-order valence-electron chi connectivity index (χ0n) is 17.5. The molecule has 1 aromatic carbocycles. The second-order valence-corrected chi connectivity index (χ2v) is 9.15. The zero-order valence-corrected chi connectivity index (χ0v) is 18.3. The van der Waals surface area contributed by atoms with Crippen LogP contribution in [0.1, 0.15) is 34.9 Å². The molecule has 0 saturated carbocycles. The van der Waals surface area contributed by atoms with Gasteiger partial charge in [0.05, 0.1) is 18.6 Å². The summed E-state index contributed by atoms with van der Waals surface area (Å²) in [6.45, 7) is 2.33. The van der Waals surface area contributed by atoms with Gasteiger partial charge in [-0.2, -0.15) is 0 Å². The summed E-state index contributed by atoms with van der Waals surface area (Å²) in [6, 6.07) is 10.1. The fraction of sp³-hybridized carbons (Fsp3) is 0.429. The lowest BCUT2D eigenvalue weighted by atomic mass is 10.0. The van der Waals surface area contributed by atoms with Gasteiger partial charge < -0.3 is 14.6 Å². The second-order valence-electron chi connectivity index (χ2n) is 7.59. The maximum absolute atomic E-state index is 12.3. The molecule has 1 aliphatic rings. The van der Waals surface area contributed by atoms with Crippen molar-refractivity contribution in [1.82, 2.24) is 14.8 Å². The number of amides is 1. The molecule has 0 aliphatic carbocycles. The van der Waals surface area contributed by atoms with E-state index in [1.165, 1.54) is 19.2 Å². The smallest absolute Gasteiger partial charge is 0.354 e. The number of ether oxygens (including phenoxy) is 1. The van der Waals surface area contributed by atoms with Crippen molar-refractivity contribution in [2.45, 2.75) is 30.2 Å². The quantitative estimate of drug-likeness (QED) is 0.579. The van der Waals surface area contributed by atoms with Crippen LogP contribution in [0.15, 0.2) is 47.5 Å². The third kappa shape index (κ3) is 6.16. The van der Waals surface area contributed by atoms with Crippen LogP contribution in [0.2, 0.25) is 0 Å². The molecule has 10 heteroatoms. The molecular formula is C21H28N4O5S. The Labute approximate surface area is 182 Å². The van der Waals surface area contributed by atoms with E-state index in [-0.39, 0.29) is 22.8 Å². The largest absolute Gasteiger partial charge is 0.464 e. The minimum atomic E-state index is -3.70. The molecule has 0 radical (unpaired) electrons. The first-order chi connectivity index (χ1) is 14.8. The van der Waals surface area contributed by atoms with Crippen molar-refractivity contribution in [2.24, 2.45) is 5.14 Å². The Morgan fingerprint density at radius 3 is 2.45 bits per heavy atom. The topological polar surface area (TPSA) is 124 Å². The molecule has 2 heterocycles. The van der Waals surface area contributed by atoms with Crippen molar-refractivity contribution in [3.05, 3.63) is 53.9 Å². The molecule has 0 unspecified atom stereocenters. The summed E-state index contributed by atoms with van der Waals surface area (Å²) >= 11 is 0. The number of nitrogens with two attached hydrogens (primary N) is 1. The minimum Gasteiger partial charge on any atom is -0.464 e. The highest BCUT2D eigenvalue weighted by Gasteiger charge is 2.24. The van der Waals surface area contributed by atoms with Gasteiger partial charge >= 0.3 is 5.97 Å². The van der Waals surface area contributed by atoms with Crippen LogP contribution in [0, 0.1) is 0 Å². The molecule has 9 nitrogen and oxygen atoms in total. The van der Waals surface area contributed by atoms with E-state index < -0.39 is 10.0 Å². The molecule has 168 valence electrons. The first-order valence-corrected chi connectivity index (χ1v) is 11.7. The number of methoxy groups -OCH3 is 1. The minimum absolute atomic E-state index is 0.0455. The Morgan fingerprint density at radius 2 is 1.84 bits per heavy atom. The Kier molecular flexibility index (Phi) is 7.47. The van der Waals surface area contributed by atoms with Crippen molar-refractivity contribution in [1.29, 1.82) is 0 Å². The number of aromatic nitrogens is 1. The van der Waals surface area contributed by atoms with Crippen LogP contribution in [-0.2, 0) is 26.0 Å². The van der Waals surface area contributed by atoms with Crippen molar-refractivity contribution < 1.29 is 22.7 Å². The summed E-state index contributed by atoms with van der Waals surface area (Å²) in [7, 11) is -2.32. The Morgan fingerprint density at radius 1 is 1.16 bits per heavy atom. The summed E-state index contributed by atoms with van der Waals surface area (Å²) < 4.78 is 29.4. The predicted molar refractivity (Wildman–Crippen MR) is 115 cm³/mol. The maximum Gasteiger partial charge on any atom is 0.354 e. The third-order valence-electron chi connectivity index (χ3n) is 5.48. The molecule has 1 fully saturated rings. The lowest BCUT2D eigenvalue weighted by molar-refractivity contribution is -0.122. The van der Waals surface area contributed by atoms with Gasteiger partial charge in [0.1, 0.15) is 5.69 Å². The Balaban J connectivity index is 1.40. The summed E-state index contributed by atoms with van der Waals surface area (Å²) in [5, 5.41) is 7.99. The number of primary sulfonamides is 1. The summed E-state index contributed by atoms with van der Waals surface area (Å²) in [5.74, 6) is -0.387. The van der Waals surface area contributed by atoms with Gasteiger partial charge in [-0.25, -0.2) is 18.4 Å². The van der Waals surface area contributed by atoms with Crippen LogP contribution in [0.3, 0.4) is 0 Å². The first-order valence-electron chi connectivity index (χ1n) is 10.1. The highest BCUT2D eigenvalue weighted by Crippen LogP contribution is 2.24. The first kappa shape index (κ1) is 23.0. The van der Waals surface area contributed by atoms with Gasteiger partial charge in [-0.05, 0) is 49.1 Å². The number of piperidine rings is 1. The van der Waals surface area contributed by atoms with Gasteiger partial charge in [-0.1, -0.05) is 12.1 Å². The van der Waals surface area contributed by atoms with Crippen LogP contribution in [0.5, 0.6) is 0 Å². The normalized spacial score (nSPS) is 15.5. The van der Waals surface area contributed by atoms with E-state index in [0.717, 1.165) is 31.5 Å². The van der Waals surface area contributed by atoms with Gasteiger partial charge in [0.25, 0.3) is 0 Å². The molecule has 1 aliphatic heterocycles. The zero-order chi connectivity index (χ0) is 22.4. The van der Waals surface area contributed by atoms with Crippen LogP contribution in [0.4, 0.5) is 0 Å². The Hall–Kier alpha value is -2.69. The van der Waals surface area contributed by atoms with Gasteiger partial charge in [-0.3, -0.25) is 9.69 Å². The van der Waals surface area contributed by atoms with E-state index >= 15 is 0 Å². The number of hydrogen-bond donors (Lipinski definition) is 2. The number of benzene rings is 1. The SMILES string of the molecule is COC(=O)c1cccn1C1CCN(CC(=O)NCCc2ccc(S(N)(=O)=O)cc2)CC1. The maximum atomic E-state index is 12.3. The molecule has 1 saturated heterocycles. The summed E-state index contributed by atoms with van der Waals surface area (Å²) in [4.78, 5) is 26.3. The molecular weight excluding hydrogens is 420 g/mol. The third-order valence-corrected chi connectivity index (χ3v) is 6.41. The van der Waals surface area contributed by atoms with E-state index in [0.29, 0.717) is 25.2 Å². The molecule has 0 atom stereocenters. The average Bonchev–Trinajstić information content (AvgIpc) is 3.23. The molecule has 2 aromatic rings. The number of carbonyl (C=O) groups is 2.